The van der Waals surface area contributed by atoms with Gasteiger partial charge >= 0.3 is 5.97 Å². The highest BCUT2D eigenvalue weighted by Gasteiger charge is 2.48. The van der Waals surface area contributed by atoms with E-state index in [0.717, 1.165) is 29.1 Å². The van der Waals surface area contributed by atoms with Crippen LogP contribution in [0.15, 0.2) is 59.5 Å². The molecule has 34 heavy (non-hydrogen) atoms. The van der Waals surface area contributed by atoms with Crippen molar-refractivity contribution in [1.29, 1.82) is 0 Å². The zero-order chi connectivity index (χ0) is 24.1. The fourth-order valence-electron chi connectivity index (χ4n) is 4.66. The molecule has 2 aromatic carbocycles. The Hall–Kier alpha value is -2.64. The number of nitrogens with zero attached hydrogens (tertiary/aromatic N) is 1. The van der Waals surface area contributed by atoms with Crippen molar-refractivity contribution < 1.29 is 19.1 Å². The van der Waals surface area contributed by atoms with Crippen molar-refractivity contribution in [2.24, 2.45) is 0 Å². The lowest BCUT2D eigenvalue weighted by Gasteiger charge is -2.39. The highest BCUT2D eigenvalue weighted by atomic mass is 32.2. The molecule has 2 fully saturated rings. The Balaban J connectivity index is 1.54. The van der Waals surface area contributed by atoms with Gasteiger partial charge in [0.05, 0.1) is 6.42 Å². The largest absolute Gasteiger partial charge is 0.453 e. The zero-order valence-electron chi connectivity index (χ0n) is 19.8. The third kappa shape index (κ3) is 5.36. The molecular formula is C27H32N2O4S. The lowest BCUT2D eigenvalue weighted by atomic mass is 9.81. The van der Waals surface area contributed by atoms with Crippen LogP contribution in [0.25, 0.3) is 0 Å². The second-order valence-electron chi connectivity index (χ2n) is 9.25. The van der Waals surface area contributed by atoms with Crippen LogP contribution in [0.5, 0.6) is 0 Å². The minimum absolute atomic E-state index is 0.0302. The number of carbonyl (C=O) groups excluding carboxylic acids is 3. The number of nitrogens with one attached hydrogen (secondary N) is 1. The summed E-state index contributed by atoms with van der Waals surface area (Å²) >= 11 is 1.27. The van der Waals surface area contributed by atoms with Crippen molar-refractivity contribution in [3.05, 3.63) is 65.7 Å². The third-order valence-corrected chi connectivity index (χ3v) is 7.88. The van der Waals surface area contributed by atoms with Crippen LogP contribution in [-0.2, 0) is 24.7 Å². The van der Waals surface area contributed by atoms with Crippen LogP contribution in [0.3, 0.4) is 0 Å². The number of Topliss-reactive ketones (excluding diaryl/α,β-unsaturated/α-hetero) is 1. The number of hydrogen-bond acceptors (Lipinski definition) is 6. The monoisotopic (exact) mass is 480 g/mol. The molecule has 2 heterocycles. The molecule has 0 spiro atoms. The van der Waals surface area contributed by atoms with E-state index in [1.165, 1.54) is 11.8 Å². The van der Waals surface area contributed by atoms with Gasteiger partial charge in [0.15, 0.2) is 11.0 Å². The van der Waals surface area contributed by atoms with Crippen molar-refractivity contribution in [1.82, 2.24) is 10.2 Å². The molecule has 2 aliphatic rings. The molecule has 1 N–H and O–H groups in total. The number of carbonyl (C=O) groups is 3. The quantitative estimate of drug-likeness (QED) is 0.479. The third-order valence-electron chi connectivity index (χ3n) is 6.56. The normalized spacial score (nSPS) is 23.1. The van der Waals surface area contributed by atoms with E-state index in [0.29, 0.717) is 13.1 Å². The maximum Gasteiger partial charge on any atom is 0.327 e. The maximum atomic E-state index is 13.4. The Morgan fingerprint density at radius 2 is 1.76 bits per heavy atom. The second kappa shape index (κ2) is 10.7. The number of amides is 1. The SMILES string of the molecule is CC(C)c1ccccc1SC1C(=O)CC(CCC(=O)N2CCNCC2)(c2ccccc2)OC1=O. The van der Waals surface area contributed by atoms with E-state index in [-0.39, 0.29) is 36.9 Å². The van der Waals surface area contributed by atoms with E-state index >= 15 is 0 Å². The van der Waals surface area contributed by atoms with Gasteiger partial charge in [-0.25, -0.2) is 0 Å². The topological polar surface area (TPSA) is 75.7 Å². The highest BCUT2D eigenvalue weighted by molar-refractivity contribution is 8.01. The molecule has 2 aliphatic heterocycles. The molecule has 2 unspecified atom stereocenters. The average Bonchev–Trinajstić information content (AvgIpc) is 2.86. The summed E-state index contributed by atoms with van der Waals surface area (Å²) in [6.07, 6.45) is 0.583. The van der Waals surface area contributed by atoms with E-state index in [1.807, 2.05) is 59.5 Å². The number of hydrogen-bond donors (Lipinski definition) is 1. The molecule has 0 saturated carbocycles. The molecular weight excluding hydrogens is 448 g/mol. The van der Waals surface area contributed by atoms with Crippen molar-refractivity contribution >= 4 is 29.4 Å². The second-order valence-corrected chi connectivity index (χ2v) is 10.4. The average molecular weight is 481 g/mol. The summed E-state index contributed by atoms with van der Waals surface area (Å²) in [7, 11) is 0. The minimum atomic E-state index is -1.12. The standard InChI is InChI=1S/C27H32N2O4S/c1-19(2)21-10-6-7-11-23(21)34-25-22(30)18-27(33-26(25)32,20-8-4-3-5-9-20)13-12-24(31)29-16-14-28-15-17-29/h3-11,19,25,28H,12-18H2,1-2H3. The summed E-state index contributed by atoms with van der Waals surface area (Å²) < 4.78 is 6.09. The Morgan fingerprint density at radius 1 is 1.09 bits per heavy atom. The van der Waals surface area contributed by atoms with Crippen LogP contribution >= 0.6 is 11.8 Å². The number of ketones is 1. The number of benzene rings is 2. The number of piperazine rings is 1. The molecule has 0 radical (unpaired) electrons. The Bertz CT molecular complexity index is 1020. The number of esters is 1. The summed E-state index contributed by atoms with van der Waals surface area (Å²) in [5.74, 6) is -0.378. The molecule has 180 valence electrons. The molecule has 0 aliphatic carbocycles. The number of cyclic esters (lactones) is 1. The molecule has 2 atom stereocenters. The first-order valence-electron chi connectivity index (χ1n) is 11.9. The Kier molecular flexibility index (Phi) is 7.73. The van der Waals surface area contributed by atoms with E-state index in [9.17, 15) is 14.4 Å². The van der Waals surface area contributed by atoms with Crippen molar-refractivity contribution in [3.63, 3.8) is 0 Å². The highest BCUT2D eigenvalue weighted by Crippen LogP contribution is 2.43. The van der Waals surface area contributed by atoms with Gasteiger partial charge in [-0.3, -0.25) is 14.4 Å². The molecule has 2 saturated heterocycles. The van der Waals surface area contributed by atoms with Gasteiger partial charge in [0.1, 0.15) is 5.60 Å². The lowest BCUT2D eigenvalue weighted by molar-refractivity contribution is -0.173. The lowest BCUT2D eigenvalue weighted by Crippen LogP contribution is -2.49. The Morgan fingerprint density at radius 3 is 2.44 bits per heavy atom. The van der Waals surface area contributed by atoms with Gasteiger partial charge in [-0.2, -0.15) is 0 Å². The predicted octanol–water partition coefficient (Wildman–Crippen LogP) is 3.89. The van der Waals surface area contributed by atoms with Gasteiger partial charge in [-0.15, -0.1) is 11.8 Å². The van der Waals surface area contributed by atoms with Crippen LogP contribution in [0.1, 0.15) is 50.2 Å². The fraction of sp³-hybridized carbons (Fsp3) is 0.444. The first-order valence-corrected chi connectivity index (χ1v) is 12.8. The predicted molar refractivity (Wildman–Crippen MR) is 133 cm³/mol. The van der Waals surface area contributed by atoms with Gasteiger partial charge in [0.2, 0.25) is 5.91 Å². The van der Waals surface area contributed by atoms with Crippen molar-refractivity contribution in [2.45, 2.75) is 54.8 Å². The summed E-state index contributed by atoms with van der Waals surface area (Å²) in [5, 5.41) is 2.34. The van der Waals surface area contributed by atoms with Gasteiger partial charge in [0, 0.05) is 43.9 Å². The molecule has 4 rings (SSSR count). The molecule has 7 heteroatoms. The van der Waals surface area contributed by atoms with Crippen LogP contribution in [0, 0.1) is 0 Å². The van der Waals surface area contributed by atoms with Gasteiger partial charge in [-0.1, -0.05) is 62.4 Å². The van der Waals surface area contributed by atoms with Crippen LogP contribution in [0.4, 0.5) is 0 Å². The zero-order valence-corrected chi connectivity index (χ0v) is 20.6. The molecule has 0 aromatic heterocycles. The summed E-state index contributed by atoms with van der Waals surface area (Å²) in [5.41, 5.74) is 0.749. The summed E-state index contributed by atoms with van der Waals surface area (Å²) in [4.78, 5) is 42.3. The minimum Gasteiger partial charge on any atom is -0.453 e. The smallest absolute Gasteiger partial charge is 0.327 e. The Labute approximate surface area is 205 Å². The number of thioether (sulfide) groups is 1. The summed E-state index contributed by atoms with van der Waals surface area (Å²) in [6, 6.07) is 17.2. The maximum absolute atomic E-state index is 13.4. The van der Waals surface area contributed by atoms with Crippen LogP contribution < -0.4 is 5.32 Å². The first-order chi connectivity index (χ1) is 16.4. The van der Waals surface area contributed by atoms with Crippen LogP contribution in [0.2, 0.25) is 0 Å². The van der Waals surface area contributed by atoms with Gasteiger partial charge in [0.25, 0.3) is 0 Å². The van der Waals surface area contributed by atoms with Crippen LogP contribution in [-0.4, -0.2) is 54.0 Å². The molecule has 0 bridgehead atoms. The molecule has 1 amide bonds. The van der Waals surface area contributed by atoms with Gasteiger partial charge in [-0.05, 0) is 23.1 Å². The van der Waals surface area contributed by atoms with E-state index in [4.69, 9.17) is 4.74 Å². The molecule has 2 aromatic rings. The number of ether oxygens (including phenoxy) is 1. The van der Waals surface area contributed by atoms with Gasteiger partial charge < -0.3 is 15.0 Å². The van der Waals surface area contributed by atoms with Crippen molar-refractivity contribution in [2.75, 3.05) is 26.2 Å². The van der Waals surface area contributed by atoms with Crippen molar-refractivity contribution in [3.8, 4) is 0 Å². The number of rotatable bonds is 7. The first kappa shape index (κ1) is 24.5. The fourth-order valence-corrected chi connectivity index (χ4v) is 5.87. The van der Waals surface area contributed by atoms with E-state index in [2.05, 4.69) is 19.2 Å². The van der Waals surface area contributed by atoms with E-state index < -0.39 is 16.8 Å². The van der Waals surface area contributed by atoms with E-state index in [1.54, 1.807) is 0 Å². The summed E-state index contributed by atoms with van der Waals surface area (Å²) in [6.45, 7) is 7.08. The molecule has 6 nitrogen and oxygen atoms in total.